The molecule has 1 heterocycles. The number of thioether (sulfide) groups is 1. The summed E-state index contributed by atoms with van der Waals surface area (Å²) in [6.07, 6.45) is -1.09. The number of hydrogen-bond acceptors (Lipinski definition) is 8. The number of likely N-dealkylation sites (N-methyl/N-ethyl adjacent to an activating group) is 1. The van der Waals surface area contributed by atoms with Gasteiger partial charge in [0.15, 0.2) is 0 Å². The van der Waals surface area contributed by atoms with E-state index in [-0.39, 0.29) is 18.9 Å². The van der Waals surface area contributed by atoms with Crippen LogP contribution in [-0.2, 0) is 41.7 Å². The maximum atomic E-state index is 13.4. The quantitative estimate of drug-likeness (QED) is 0.324. The number of nitrogens with one attached hydrogen (secondary N) is 1. The molecule has 40 heavy (non-hydrogen) atoms. The molecule has 10 nitrogen and oxygen atoms in total. The predicted molar refractivity (Wildman–Crippen MR) is 150 cm³/mol. The molecule has 3 rings (SSSR count). The number of carbonyl (C=O) groups is 5. The first-order valence-corrected chi connectivity index (χ1v) is 14.1. The van der Waals surface area contributed by atoms with Gasteiger partial charge in [0.25, 0.3) is 5.78 Å². The first kappa shape index (κ1) is 30.7. The summed E-state index contributed by atoms with van der Waals surface area (Å²) in [5.74, 6) is -2.37. The largest absolute Gasteiger partial charge is 0.457 e. The third-order valence-corrected chi connectivity index (χ3v) is 7.37. The second kappa shape index (κ2) is 14.5. The lowest BCUT2D eigenvalue weighted by atomic mass is 10.0. The highest BCUT2D eigenvalue weighted by atomic mass is 32.2. The van der Waals surface area contributed by atoms with Crippen LogP contribution in [0.5, 0.6) is 0 Å². The summed E-state index contributed by atoms with van der Waals surface area (Å²) in [5.41, 5.74) is 1.56. The summed E-state index contributed by atoms with van der Waals surface area (Å²) in [6.45, 7) is 4.88. The van der Waals surface area contributed by atoms with Gasteiger partial charge >= 0.3 is 12.1 Å². The molecule has 1 fully saturated rings. The van der Waals surface area contributed by atoms with Gasteiger partial charge in [-0.25, -0.2) is 9.59 Å². The summed E-state index contributed by atoms with van der Waals surface area (Å²) in [6, 6.07) is 15.2. The lowest BCUT2D eigenvalue weighted by molar-refractivity contribution is -0.158. The van der Waals surface area contributed by atoms with Crippen LogP contribution in [0, 0.1) is 0 Å². The van der Waals surface area contributed by atoms with Gasteiger partial charge in [0.05, 0.1) is 12.0 Å². The zero-order chi connectivity index (χ0) is 29.2. The fourth-order valence-electron chi connectivity index (χ4n) is 4.00. The van der Waals surface area contributed by atoms with Crippen LogP contribution in [0.25, 0.3) is 0 Å². The fourth-order valence-corrected chi connectivity index (χ4v) is 5.17. The molecule has 1 saturated heterocycles. The van der Waals surface area contributed by atoms with Gasteiger partial charge in [0.2, 0.25) is 11.8 Å². The molecule has 3 atom stereocenters. The molecule has 0 aromatic heterocycles. The van der Waals surface area contributed by atoms with E-state index in [9.17, 15) is 24.0 Å². The number of amides is 3. The molecule has 11 heteroatoms. The average molecular weight is 570 g/mol. The minimum absolute atomic E-state index is 0.0611. The van der Waals surface area contributed by atoms with Gasteiger partial charge in [-0.1, -0.05) is 60.7 Å². The standard InChI is InChI=1S/C29H35N3O7S/c1-19(2)39-28(36)25(33)23(15-21-11-7-5-8-12-21)30-26(34)24-17-40-18-32(24)27(35)20(3)31(4)29(37)38-16-22-13-9-6-10-14-22/h5-14,19-20,23-24H,15-18H2,1-4H3,(H,30,34)/t20-,23-,24-/m0/s1. The molecule has 0 aliphatic carbocycles. The molecule has 0 unspecified atom stereocenters. The van der Waals surface area contributed by atoms with Crippen LogP contribution in [0.2, 0.25) is 0 Å². The van der Waals surface area contributed by atoms with Crippen molar-refractivity contribution < 1.29 is 33.4 Å². The summed E-state index contributed by atoms with van der Waals surface area (Å²) >= 11 is 1.38. The summed E-state index contributed by atoms with van der Waals surface area (Å²) in [4.78, 5) is 67.2. The Balaban J connectivity index is 1.67. The molecule has 1 aliphatic rings. The van der Waals surface area contributed by atoms with Crippen LogP contribution in [0.1, 0.15) is 31.9 Å². The van der Waals surface area contributed by atoms with Gasteiger partial charge in [0, 0.05) is 19.2 Å². The number of nitrogens with zero attached hydrogens (tertiary/aromatic N) is 2. The van der Waals surface area contributed by atoms with Crippen LogP contribution < -0.4 is 5.32 Å². The van der Waals surface area contributed by atoms with Crippen molar-refractivity contribution >= 4 is 41.4 Å². The number of benzene rings is 2. The van der Waals surface area contributed by atoms with Gasteiger partial charge in [0.1, 0.15) is 24.7 Å². The van der Waals surface area contributed by atoms with Crippen molar-refractivity contribution in [3.05, 3.63) is 71.8 Å². The first-order chi connectivity index (χ1) is 19.1. The van der Waals surface area contributed by atoms with Crippen molar-refractivity contribution in [1.29, 1.82) is 0 Å². The normalized spacial score (nSPS) is 16.1. The fraction of sp³-hybridized carbons (Fsp3) is 0.414. The van der Waals surface area contributed by atoms with Crippen LogP contribution in [0.15, 0.2) is 60.7 Å². The second-order valence-corrected chi connectivity index (χ2v) is 10.7. The van der Waals surface area contributed by atoms with E-state index in [1.165, 1.54) is 28.6 Å². The highest BCUT2D eigenvalue weighted by Gasteiger charge is 2.40. The lowest BCUT2D eigenvalue weighted by Gasteiger charge is -2.30. The van der Waals surface area contributed by atoms with Crippen LogP contribution in [-0.4, -0.2) is 82.4 Å². The zero-order valence-corrected chi connectivity index (χ0v) is 23.9. The molecule has 214 valence electrons. The zero-order valence-electron chi connectivity index (χ0n) is 23.1. The highest BCUT2D eigenvalue weighted by Crippen LogP contribution is 2.23. The molecule has 2 aromatic rings. The molecular weight excluding hydrogens is 534 g/mol. The third-order valence-electron chi connectivity index (χ3n) is 6.36. The number of Topliss-reactive ketones (excluding diaryl/α,β-unsaturated/α-hetero) is 1. The van der Waals surface area contributed by atoms with Crippen molar-refractivity contribution in [3.8, 4) is 0 Å². The number of carbonyl (C=O) groups excluding carboxylic acids is 5. The molecule has 1 aliphatic heterocycles. The molecule has 1 N–H and O–H groups in total. The second-order valence-electron chi connectivity index (χ2n) is 9.72. The number of rotatable bonds is 11. The Morgan fingerprint density at radius 1 is 0.975 bits per heavy atom. The van der Waals surface area contributed by atoms with Gasteiger partial charge in [-0.15, -0.1) is 11.8 Å². The Morgan fingerprint density at radius 2 is 1.57 bits per heavy atom. The first-order valence-electron chi connectivity index (χ1n) is 13.0. The van der Waals surface area contributed by atoms with E-state index in [1.54, 1.807) is 45.0 Å². The number of ketones is 1. The highest BCUT2D eigenvalue weighted by molar-refractivity contribution is 7.99. The number of hydrogen-bond donors (Lipinski definition) is 1. The average Bonchev–Trinajstić information content (AvgIpc) is 3.45. The maximum Gasteiger partial charge on any atom is 0.410 e. The van der Waals surface area contributed by atoms with E-state index in [0.29, 0.717) is 5.75 Å². The summed E-state index contributed by atoms with van der Waals surface area (Å²) in [7, 11) is 1.46. The molecule has 2 aromatic carbocycles. The van der Waals surface area contributed by atoms with Crippen LogP contribution in [0.4, 0.5) is 4.79 Å². The monoisotopic (exact) mass is 569 g/mol. The Labute approximate surface area is 238 Å². The van der Waals surface area contributed by atoms with Gasteiger partial charge in [-0.3, -0.25) is 19.3 Å². The van der Waals surface area contributed by atoms with Crippen molar-refractivity contribution in [3.63, 3.8) is 0 Å². The molecule has 0 radical (unpaired) electrons. The number of esters is 1. The molecule has 0 bridgehead atoms. The van der Waals surface area contributed by atoms with Crippen molar-refractivity contribution in [2.24, 2.45) is 0 Å². The van der Waals surface area contributed by atoms with E-state index in [0.717, 1.165) is 11.1 Å². The van der Waals surface area contributed by atoms with Gasteiger partial charge < -0.3 is 19.7 Å². The van der Waals surface area contributed by atoms with E-state index in [4.69, 9.17) is 9.47 Å². The third kappa shape index (κ3) is 8.32. The Bertz CT molecular complexity index is 1190. The van der Waals surface area contributed by atoms with Crippen LogP contribution >= 0.6 is 11.8 Å². The number of ether oxygens (including phenoxy) is 2. The molecule has 0 saturated carbocycles. The topological polar surface area (TPSA) is 122 Å². The van der Waals surface area contributed by atoms with Crippen molar-refractivity contribution in [1.82, 2.24) is 15.1 Å². The Hall–Kier alpha value is -3.86. The maximum absolute atomic E-state index is 13.4. The van der Waals surface area contributed by atoms with Gasteiger partial charge in [-0.05, 0) is 31.9 Å². The van der Waals surface area contributed by atoms with Crippen molar-refractivity contribution in [2.45, 2.75) is 58.0 Å². The molecular formula is C29H35N3O7S. The smallest absolute Gasteiger partial charge is 0.410 e. The minimum atomic E-state index is -1.17. The Kier molecular flexibility index (Phi) is 11.1. The summed E-state index contributed by atoms with van der Waals surface area (Å²) in [5, 5.41) is 2.67. The summed E-state index contributed by atoms with van der Waals surface area (Å²) < 4.78 is 10.4. The SMILES string of the molecule is CC(C)OC(=O)C(=O)[C@H](Cc1ccccc1)NC(=O)[C@@H]1CSCN1C(=O)[C@H](C)N(C)C(=O)OCc1ccccc1. The minimum Gasteiger partial charge on any atom is -0.457 e. The van der Waals surface area contributed by atoms with Crippen LogP contribution in [0.3, 0.4) is 0 Å². The molecule has 0 spiro atoms. The lowest BCUT2D eigenvalue weighted by Crippen LogP contribution is -2.56. The predicted octanol–water partition coefficient (Wildman–Crippen LogP) is 2.79. The van der Waals surface area contributed by atoms with Gasteiger partial charge in [-0.2, -0.15) is 0 Å². The Morgan fingerprint density at radius 3 is 2.17 bits per heavy atom. The van der Waals surface area contributed by atoms with E-state index in [1.807, 2.05) is 36.4 Å². The van der Waals surface area contributed by atoms with Crippen molar-refractivity contribution in [2.75, 3.05) is 18.7 Å². The molecule has 3 amide bonds. The van der Waals surface area contributed by atoms with E-state index >= 15 is 0 Å². The van der Waals surface area contributed by atoms with E-state index < -0.39 is 53.9 Å². The van der Waals surface area contributed by atoms with E-state index in [2.05, 4.69) is 5.32 Å².